The smallest absolute Gasteiger partial charge is 0.382 e. The number of aliphatic hydroxyl groups is 1. The van der Waals surface area contributed by atoms with E-state index in [1.807, 2.05) is 5.32 Å². The second-order valence-electron chi connectivity index (χ2n) is 3.40. The van der Waals surface area contributed by atoms with Crippen LogP contribution in [-0.2, 0) is 11.2 Å². The van der Waals surface area contributed by atoms with Gasteiger partial charge in [0.25, 0.3) is 0 Å². The van der Waals surface area contributed by atoms with Gasteiger partial charge in [-0.2, -0.15) is 13.2 Å². The molecule has 0 aromatic carbocycles. The number of hydrogen-bond donors (Lipinski definition) is 2. The first-order chi connectivity index (χ1) is 7.79. The van der Waals surface area contributed by atoms with Crippen LogP contribution >= 0.6 is 11.3 Å². The Balaban J connectivity index is 2.36. The maximum absolute atomic E-state index is 11.9. The third-order valence-corrected chi connectivity index (χ3v) is 2.70. The standard InChI is InChI=1S/C9H11F3N2O2S/c1-5-14-6(4-17-5)2-8(16)13-3-7(15)9(10,11)12/h4,7,15H,2-3H2,1H3,(H,13,16). The molecule has 1 heterocycles. The van der Waals surface area contributed by atoms with E-state index in [4.69, 9.17) is 5.11 Å². The van der Waals surface area contributed by atoms with Crippen LogP contribution in [0.15, 0.2) is 5.38 Å². The topological polar surface area (TPSA) is 62.2 Å². The molecular formula is C9H11F3N2O2S. The summed E-state index contributed by atoms with van der Waals surface area (Å²) in [6.45, 7) is 0.922. The fourth-order valence-corrected chi connectivity index (χ4v) is 1.66. The maximum Gasteiger partial charge on any atom is 0.416 e. The average molecular weight is 268 g/mol. The molecule has 2 N–H and O–H groups in total. The summed E-state index contributed by atoms with van der Waals surface area (Å²) in [5.41, 5.74) is 0.506. The lowest BCUT2D eigenvalue weighted by molar-refractivity contribution is -0.201. The minimum atomic E-state index is -4.72. The molecule has 0 spiro atoms. The predicted molar refractivity (Wildman–Crippen MR) is 55.6 cm³/mol. The summed E-state index contributed by atoms with van der Waals surface area (Å²) < 4.78 is 35.8. The van der Waals surface area contributed by atoms with Crippen LogP contribution in [0.5, 0.6) is 0 Å². The summed E-state index contributed by atoms with van der Waals surface area (Å²) in [5, 5.41) is 13.1. The van der Waals surface area contributed by atoms with Gasteiger partial charge < -0.3 is 10.4 Å². The third kappa shape index (κ3) is 4.70. The van der Waals surface area contributed by atoms with Crippen LogP contribution in [0.2, 0.25) is 0 Å². The Kier molecular flexibility index (Phi) is 4.47. The largest absolute Gasteiger partial charge is 0.416 e. The number of aliphatic hydroxyl groups excluding tert-OH is 1. The lowest BCUT2D eigenvalue weighted by Gasteiger charge is -2.14. The Morgan fingerprint density at radius 3 is 2.76 bits per heavy atom. The zero-order valence-electron chi connectivity index (χ0n) is 8.91. The number of halogens is 3. The molecule has 0 aliphatic heterocycles. The summed E-state index contributed by atoms with van der Waals surface area (Å²) in [5.74, 6) is -0.599. The Labute approximate surface area is 99.5 Å². The van der Waals surface area contributed by atoms with Crippen LogP contribution in [0, 0.1) is 6.92 Å². The summed E-state index contributed by atoms with van der Waals surface area (Å²) in [6, 6.07) is 0. The van der Waals surface area contributed by atoms with E-state index in [1.165, 1.54) is 11.3 Å². The van der Waals surface area contributed by atoms with Crippen molar-refractivity contribution in [3.63, 3.8) is 0 Å². The molecule has 1 aromatic heterocycles. The van der Waals surface area contributed by atoms with Crippen LogP contribution in [-0.4, -0.2) is 34.8 Å². The van der Waals surface area contributed by atoms with Crippen molar-refractivity contribution in [2.24, 2.45) is 0 Å². The minimum Gasteiger partial charge on any atom is -0.382 e. The fraction of sp³-hybridized carbons (Fsp3) is 0.556. The molecule has 1 unspecified atom stereocenters. The Morgan fingerprint density at radius 1 is 1.65 bits per heavy atom. The van der Waals surface area contributed by atoms with Gasteiger partial charge >= 0.3 is 6.18 Å². The van der Waals surface area contributed by atoms with Crippen LogP contribution in [0.25, 0.3) is 0 Å². The molecule has 1 atom stereocenters. The van der Waals surface area contributed by atoms with E-state index < -0.39 is 24.7 Å². The number of thiazole rings is 1. The van der Waals surface area contributed by atoms with Gasteiger partial charge in [0, 0.05) is 5.38 Å². The van der Waals surface area contributed by atoms with Crippen molar-refractivity contribution in [1.29, 1.82) is 0 Å². The van der Waals surface area contributed by atoms with Crippen molar-refractivity contribution < 1.29 is 23.1 Å². The van der Waals surface area contributed by atoms with Gasteiger partial charge in [-0.3, -0.25) is 4.79 Å². The highest BCUT2D eigenvalue weighted by atomic mass is 32.1. The highest BCUT2D eigenvalue weighted by molar-refractivity contribution is 7.09. The van der Waals surface area contributed by atoms with Crippen LogP contribution < -0.4 is 5.32 Å². The highest BCUT2D eigenvalue weighted by Gasteiger charge is 2.38. The number of alkyl halides is 3. The van der Waals surface area contributed by atoms with Gasteiger partial charge in [-0.25, -0.2) is 4.98 Å². The quantitative estimate of drug-likeness (QED) is 0.857. The number of carbonyl (C=O) groups excluding carboxylic acids is 1. The van der Waals surface area contributed by atoms with Gasteiger partial charge in [0.05, 0.1) is 23.7 Å². The zero-order valence-corrected chi connectivity index (χ0v) is 9.73. The van der Waals surface area contributed by atoms with Gasteiger partial charge in [0.1, 0.15) is 0 Å². The number of carbonyl (C=O) groups is 1. The van der Waals surface area contributed by atoms with Crippen LogP contribution in [0.4, 0.5) is 13.2 Å². The van der Waals surface area contributed by atoms with E-state index in [-0.39, 0.29) is 6.42 Å². The first-order valence-corrected chi connectivity index (χ1v) is 5.59. The molecule has 4 nitrogen and oxygen atoms in total. The number of hydrogen-bond acceptors (Lipinski definition) is 4. The molecular weight excluding hydrogens is 257 g/mol. The number of nitrogens with one attached hydrogen (secondary N) is 1. The van der Waals surface area contributed by atoms with E-state index in [2.05, 4.69) is 4.98 Å². The van der Waals surface area contributed by atoms with E-state index >= 15 is 0 Å². The molecule has 0 fully saturated rings. The molecule has 1 aromatic rings. The first kappa shape index (κ1) is 13.9. The maximum atomic E-state index is 11.9. The number of amides is 1. The van der Waals surface area contributed by atoms with Crippen molar-refractivity contribution in [2.75, 3.05) is 6.54 Å². The molecule has 0 aliphatic rings. The lowest BCUT2D eigenvalue weighted by Crippen LogP contribution is -2.41. The fourth-order valence-electron chi connectivity index (χ4n) is 1.04. The van der Waals surface area contributed by atoms with E-state index in [9.17, 15) is 18.0 Å². The Hall–Kier alpha value is -1.15. The summed E-state index contributed by atoms with van der Waals surface area (Å²) in [4.78, 5) is 15.2. The predicted octanol–water partition coefficient (Wildman–Crippen LogP) is 1.03. The molecule has 0 saturated heterocycles. The molecule has 0 bridgehead atoms. The van der Waals surface area contributed by atoms with E-state index in [0.717, 1.165) is 5.01 Å². The monoisotopic (exact) mass is 268 g/mol. The Bertz CT molecular complexity index is 392. The molecule has 1 rings (SSSR count). The number of rotatable bonds is 4. The van der Waals surface area contributed by atoms with Gasteiger partial charge in [0.15, 0.2) is 6.10 Å². The lowest BCUT2D eigenvalue weighted by atomic mass is 10.3. The Morgan fingerprint density at radius 2 is 2.29 bits per heavy atom. The van der Waals surface area contributed by atoms with E-state index in [1.54, 1.807) is 12.3 Å². The van der Waals surface area contributed by atoms with Crippen molar-refractivity contribution in [3.05, 3.63) is 16.1 Å². The number of aromatic nitrogens is 1. The molecule has 96 valence electrons. The van der Waals surface area contributed by atoms with Crippen molar-refractivity contribution in [1.82, 2.24) is 10.3 Å². The van der Waals surface area contributed by atoms with Crippen LogP contribution in [0.1, 0.15) is 10.7 Å². The molecule has 17 heavy (non-hydrogen) atoms. The third-order valence-electron chi connectivity index (χ3n) is 1.88. The normalized spacial score (nSPS) is 13.5. The number of nitrogens with zero attached hydrogens (tertiary/aromatic N) is 1. The molecule has 0 radical (unpaired) electrons. The van der Waals surface area contributed by atoms with Gasteiger partial charge in [-0.05, 0) is 6.92 Å². The summed E-state index contributed by atoms with van der Waals surface area (Å²) in [7, 11) is 0. The van der Waals surface area contributed by atoms with Gasteiger partial charge in [0.2, 0.25) is 5.91 Å². The SMILES string of the molecule is Cc1nc(CC(=O)NCC(O)C(F)(F)F)cs1. The summed E-state index contributed by atoms with van der Waals surface area (Å²) in [6.07, 6.45) is -7.34. The zero-order chi connectivity index (χ0) is 13.1. The molecule has 0 aliphatic carbocycles. The van der Waals surface area contributed by atoms with Gasteiger partial charge in [-0.15, -0.1) is 11.3 Å². The van der Waals surface area contributed by atoms with Gasteiger partial charge in [-0.1, -0.05) is 0 Å². The van der Waals surface area contributed by atoms with Crippen LogP contribution in [0.3, 0.4) is 0 Å². The van der Waals surface area contributed by atoms with E-state index in [0.29, 0.717) is 5.69 Å². The molecule has 8 heteroatoms. The molecule has 1 amide bonds. The first-order valence-electron chi connectivity index (χ1n) is 4.71. The second kappa shape index (κ2) is 5.46. The average Bonchev–Trinajstić information content (AvgIpc) is 2.58. The minimum absolute atomic E-state index is 0.0884. The second-order valence-corrected chi connectivity index (χ2v) is 4.46. The van der Waals surface area contributed by atoms with Crippen molar-refractivity contribution >= 4 is 17.2 Å². The molecule has 0 saturated carbocycles. The summed E-state index contributed by atoms with van der Waals surface area (Å²) >= 11 is 1.35. The number of aryl methyl sites for hydroxylation is 1. The highest BCUT2D eigenvalue weighted by Crippen LogP contribution is 2.19. The van der Waals surface area contributed by atoms with Crippen molar-refractivity contribution in [3.8, 4) is 0 Å². The van der Waals surface area contributed by atoms with Crippen molar-refractivity contribution in [2.45, 2.75) is 25.6 Å².